The zero-order valence-corrected chi connectivity index (χ0v) is 12.1. The Morgan fingerprint density at radius 2 is 1.53 bits per heavy atom. The van der Waals surface area contributed by atoms with E-state index in [4.69, 9.17) is 9.47 Å². The van der Waals surface area contributed by atoms with Gasteiger partial charge in [0.1, 0.15) is 0 Å². The summed E-state index contributed by atoms with van der Waals surface area (Å²) in [6.07, 6.45) is 0. The van der Waals surface area contributed by atoms with Gasteiger partial charge in [-0.05, 0) is 19.8 Å². The van der Waals surface area contributed by atoms with E-state index in [2.05, 4.69) is 13.1 Å². The summed E-state index contributed by atoms with van der Waals surface area (Å²) < 4.78 is 9.94. The average molecular weight is 258 g/mol. The number of hydrogen-bond acceptors (Lipinski definition) is 4. The zero-order valence-electron chi connectivity index (χ0n) is 11.1. The van der Waals surface area contributed by atoms with Crippen LogP contribution in [0.25, 0.3) is 0 Å². The van der Waals surface area contributed by atoms with Gasteiger partial charge >= 0.3 is 11.9 Å². The summed E-state index contributed by atoms with van der Waals surface area (Å²) in [4.78, 5) is 23.6. The van der Waals surface area contributed by atoms with Crippen LogP contribution in [0, 0.1) is 11.8 Å². The summed E-state index contributed by atoms with van der Waals surface area (Å²) in [6.45, 7) is 8.66. The van der Waals surface area contributed by atoms with Crippen molar-refractivity contribution in [2.75, 3.05) is 13.2 Å². The maximum atomic E-state index is 11.8. The van der Waals surface area contributed by atoms with Crippen molar-refractivity contribution in [3.05, 3.63) is 0 Å². The SMILES string of the molecule is CCOC(=O)C(C(=O)OCC)C1C[Si](C)(C)C1. The minimum atomic E-state index is -1.13. The molecule has 0 aromatic rings. The van der Waals surface area contributed by atoms with Crippen molar-refractivity contribution in [1.82, 2.24) is 0 Å². The second-order valence-electron chi connectivity index (χ2n) is 5.31. The molecule has 1 fully saturated rings. The first-order valence-electron chi connectivity index (χ1n) is 6.24. The third-order valence-electron chi connectivity index (χ3n) is 3.18. The summed E-state index contributed by atoms with van der Waals surface area (Å²) in [5, 5.41) is 0. The molecule has 1 rings (SSSR count). The number of carbonyl (C=O) groups is 2. The van der Waals surface area contributed by atoms with Crippen LogP contribution in [0.2, 0.25) is 25.2 Å². The highest BCUT2D eigenvalue weighted by Crippen LogP contribution is 2.43. The van der Waals surface area contributed by atoms with E-state index in [1.807, 2.05) is 0 Å². The molecule has 0 bridgehead atoms. The van der Waals surface area contributed by atoms with Gasteiger partial charge in [-0.1, -0.05) is 25.2 Å². The van der Waals surface area contributed by atoms with Gasteiger partial charge in [0.05, 0.1) is 13.2 Å². The van der Waals surface area contributed by atoms with E-state index in [0.717, 1.165) is 12.1 Å². The standard InChI is InChI=1S/C12H22O4Si/c1-5-15-11(13)10(12(14)16-6-2)9-7-17(3,4)8-9/h9-10H,5-8H2,1-4H3. The fourth-order valence-corrected chi connectivity index (χ4v) is 5.73. The van der Waals surface area contributed by atoms with Crippen LogP contribution >= 0.6 is 0 Å². The fourth-order valence-electron chi connectivity index (χ4n) is 2.54. The van der Waals surface area contributed by atoms with Crippen LogP contribution in [0.4, 0.5) is 0 Å². The first-order valence-corrected chi connectivity index (χ1v) is 9.66. The number of esters is 2. The lowest BCUT2D eigenvalue weighted by Crippen LogP contribution is -2.49. The maximum absolute atomic E-state index is 11.8. The molecule has 0 spiro atoms. The molecule has 17 heavy (non-hydrogen) atoms. The van der Waals surface area contributed by atoms with Gasteiger partial charge in [0.15, 0.2) is 5.92 Å². The molecule has 0 aromatic heterocycles. The lowest BCUT2D eigenvalue weighted by molar-refractivity contribution is -0.164. The molecule has 0 amide bonds. The molecule has 98 valence electrons. The predicted octanol–water partition coefficient (Wildman–Crippen LogP) is 2.07. The van der Waals surface area contributed by atoms with Gasteiger partial charge in [-0.25, -0.2) is 0 Å². The molecule has 1 saturated heterocycles. The second kappa shape index (κ2) is 5.66. The molecule has 5 heteroatoms. The van der Waals surface area contributed by atoms with Crippen LogP contribution in [0.15, 0.2) is 0 Å². The highest BCUT2D eigenvalue weighted by molar-refractivity contribution is 6.80. The van der Waals surface area contributed by atoms with E-state index in [-0.39, 0.29) is 5.92 Å². The molecular weight excluding hydrogens is 236 g/mol. The summed E-state index contributed by atoms with van der Waals surface area (Å²) >= 11 is 0. The lowest BCUT2D eigenvalue weighted by atomic mass is 9.94. The van der Waals surface area contributed by atoms with Gasteiger partial charge in [-0.2, -0.15) is 0 Å². The molecule has 0 aliphatic carbocycles. The van der Waals surface area contributed by atoms with Crippen molar-refractivity contribution < 1.29 is 19.1 Å². The third kappa shape index (κ3) is 3.56. The van der Waals surface area contributed by atoms with Crippen LogP contribution < -0.4 is 0 Å². The van der Waals surface area contributed by atoms with E-state index in [0.29, 0.717) is 13.2 Å². The Hall–Kier alpha value is -0.843. The smallest absolute Gasteiger partial charge is 0.320 e. The van der Waals surface area contributed by atoms with Crippen molar-refractivity contribution >= 4 is 20.0 Å². The molecule has 1 aliphatic rings. The monoisotopic (exact) mass is 258 g/mol. The minimum absolute atomic E-state index is 0.134. The summed E-state index contributed by atoms with van der Waals surface area (Å²) in [5.41, 5.74) is 0. The number of ether oxygens (including phenoxy) is 2. The van der Waals surface area contributed by atoms with Gasteiger partial charge in [0, 0.05) is 8.07 Å². The maximum Gasteiger partial charge on any atom is 0.320 e. The van der Waals surface area contributed by atoms with Crippen LogP contribution in [0.1, 0.15) is 13.8 Å². The second-order valence-corrected chi connectivity index (χ2v) is 10.5. The highest BCUT2D eigenvalue weighted by atomic mass is 28.3. The van der Waals surface area contributed by atoms with Gasteiger partial charge in [-0.15, -0.1) is 0 Å². The van der Waals surface area contributed by atoms with Crippen LogP contribution in [0.3, 0.4) is 0 Å². The molecule has 0 radical (unpaired) electrons. The van der Waals surface area contributed by atoms with Crippen LogP contribution in [0.5, 0.6) is 0 Å². The van der Waals surface area contributed by atoms with Crippen LogP contribution in [-0.2, 0) is 19.1 Å². The first-order chi connectivity index (χ1) is 7.91. The number of carbonyl (C=O) groups excluding carboxylic acids is 2. The summed E-state index contributed by atoms with van der Waals surface area (Å²) in [6, 6.07) is 2.02. The van der Waals surface area contributed by atoms with E-state index < -0.39 is 25.9 Å². The Labute approximate surface area is 104 Å². The molecule has 0 atom stereocenters. The highest BCUT2D eigenvalue weighted by Gasteiger charge is 2.48. The Balaban J connectivity index is 2.67. The summed E-state index contributed by atoms with van der Waals surface area (Å²) in [7, 11) is -1.13. The molecule has 0 N–H and O–H groups in total. The quantitative estimate of drug-likeness (QED) is 0.430. The fraction of sp³-hybridized carbons (Fsp3) is 0.833. The molecule has 4 nitrogen and oxygen atoms in total. The Morgan fingerprint density at radius 1 is 1.12 bits per heavy atom. The van der Waals surface area contributed by atoms with Gasteiger partial charge < -0.3 is 9.47 Å². The Morgan fingerprint density at radius 3 is 1.82 bits per heavy atom. The Bertz CT molecular complexity index is 275. The number of rotatable bonds is 5. The molecule has 0 saturated carbocycles. The van der Waals surface area contributed by atoms with E-state index in [1.54, 1.807) is 13.8 Å². The predicted molar refractivity (Wildman–Crippen MR) is 67.3 cm³/mol. The van der Waals surface area contributed by atoms with Gasteiger partial charge in [0.25, 0.3) is 0 Å². The lowest BCUT2D eigenvalue weighted by Gasteiger charge is -2.43. The normalized spacial score (nSPS) is 18.6. The van der Waals surface area contributed by atoms with Crippen molar-refractivity contribution in [1.29, 1.82) is 0 Å². The Kier molecular flexibility index (Phi) is 4.74. The van der Waals surface area contributed by atoms with Crippen molar-refractivity contribution in [2.45, 2.75) is 39.0 Å². The molecule has 1 aliphatic heterocycles. The zero-order chi connectivity index (χ0) is 13.1. The van der Waals surface area contributed by atoms with Gasteiger partial charge in [0.2, 0.25) is 0 Å². The first kappa shape index (κ1) is 14.2. The molecule has 0 unspecified atom stereocenters. The van der Waals surface area contributed by atoms with E-state index in [9.17, 15) is 9.59 Å². The minimum Gasteiger partial charge on any atom is -0.465 e. The molecule has 0 aromatic carbocycles. The van der Waals surface area contributed by atoms with Crippen molar-refractivity contribution in [3.8, 4) is 0 Å². The number of hydrogen-bond donors (Lipinski definition) is 0. The third-order valence-corrected chi connectivity index (χ3v) is 6.44. The largest absolute Gasteiger partial charge is 0.465 e. The van der Waals surface area contributed by atoms with Crippen molar-refractivity contribution in [2.24, 2.45) is 11.8 Å². The van der Waals surface area contributed by atoms with E-state index >= 15 is 0 Å². The molecular formula is C12H22O4Si. The van der Waals surface area contributed by atoms with Crippen LogP contribution in [-0.4, -0.2) is 33.2 Å². The topological polar surface area (TPSA) is 52.6 Å². The van der Waals surface area contributed by atoms with Gasteiger partial charge in [-0.3, -0.25) is 9.59 Å². The molecule has 1 heterocycles. The van der Waals surface area contributed by atoms with Crippen molar-refractivity contribution in [3.63, 3.8) is 0 Å². The van der Waals surface area contributed by atoms with E-state index in [1.165, 1.54) is 0 Å². The average Bonchev–Trinajstić information content (AvgIpc) is 2.16. The summed E-state index contributed by atoms with van der Waals surface area (Å²) in [5.74, 6) is -1.40.